The molecule has 2 N–H and O–H groups in total. The van der Waals surface area contributed by atoms with Crippen LogP contribution in [0, 0.1) is 0 Å². The molecule has 4 rings (SSSR count). The lowest BCUT2D eigenvalue weighted by Crippen LogP contribution is -2.11. The Balaban J connectivity index is 1.27. The number of carbonyl (C=O) groups excluding carboxylic acids is 1. The maximum absolute atomic E-state index is 12.3. The molecule has 5 heteroatoms. The smallest absolute Gasteiger partial charge is 0.231 e. The van der Waals surface area contributed by atoms with Gasteiger partial charge in [0.1, 0.15) is 0 Å². The monoisotopic (exact) mass is 392 g/mol. The molecule has 0 aliphatic carbocycles. The van der Waals surface area contributed by atoms with Gasteiger partial charge in [-0.15, -0.1) is 0 Å². The lowest BCUT2D eigenvalue weighted by molar-refractivity contribution is -0.116. The molecule has 0 atom stereocenters. The molecule has 1 aromatic heterocycles. The van der Waals surface area contributed by atoms with Crippen molar-refractivity contribution < 1.29 is 14.3 Å². The van der Waals surface area contributed by atoms with E-state index < -0.39 is 0 Å². The first-order valence-corrected chi connectivity index (χ1v) is 10.2. The Morgan fingerprint density at radius 3 is 2.69 bits per heavy atom. The van der Waals surface area contributed by atoms with Crippen molar-refractivity contribution in [3.63, 3.8) is 0 Å². The summed E-state index contributed by atoms with van der Waals surface area (Å²) in [6, 6.07) is 14.2. The molecule has 29 heavy (non-hydrogen) atoms. The zero-order valence-electron chi connectivity index (χ0n) is 17.3. The van der Waals surface area contributed by atoms with Gasteiger partial charge in [-0.25, -0.2) is 0 Å². The number of rotatable bonds is 6. The number of amides is 1. The Labute approximate surface area is 171 Å². The van der Waals surface area contributed by atoms with E-state index in [1.807, 2.05) is 30.3 Å². The Morgan fingerprint density at radius 2 is 1.86 bits per heavy atom. The van der Waals surface area contributed by atoms with E-state index in [9.17, 15) is 4.79 Å². The molecule has 0 unspecified atom stereocenters. The van der Waals surface area contributed by atoms with Crippen molar-refractivity contribution in [3.05, 3.63) is 53.7 Å². The maximum atomic E-state index is 12.3. The van der Waals surface area contributed by atoms with Crippen LogP contribution in [0.1, 0.15) is 51.3 Å². The van der Waals surface area contributed by atoms with Gasteiger partial charge in [0.2, 0.25) is 12.7 Å². The number of H-pyrrole nitrogens is 1. The van der Waals surface area contributed by atoms with Crippen molar-refractivity contribution in [1.29, 1.82) is 0 Å². The summed E-state index contributed by atoms with van der Waals surface area (Å²) in [6.45, 7) is 6.85. The van der Waals surface area contributed by atoms with E-state index in [-0.39, 0.29) is 11.3 Å². The Morgan fingerprint density at radius 1 is 1.03 bits per heavy atom. The van der Waals surface area contributed by atoms with E-state index in [4.69, 9.17) is 9.47 Å². The molecule has 3 aromatic rings. The molecule has 0 radical (unpaired) electrons. The third-order valence-electron chi connectivity index (χ3n) is 5.27. The highest BCUT2D eigenvalue weighted by Gasteiger charge is 2.16. The summed E-state index contributed by atoms with van der Waals surface area (Å²) in [5.41, 5.74) is 4.41. The number of hydrogen-bond donors (Lipinski definition) is 2. The van der Waals surface area contributed by atoms with Gasteiger partial charge in [-0.05, 0) is 61.2 Å². The Kier molecular flexibility index (Phi) is 5.22. The van der Waals surface area contributed by atoms with Gasteiger partial charge in [0.05, 0.1) is 0 Å². The fourth-order valence-electron chi connectivity index (χ4n) is 3.55. The molecular formula is C24H28N2O3. The summed E-state index contributed by atoms with van der Waals surface area (Å²) in [5.74, 6) is 1.68. The number of ether oxygens (including phenoxy) is 2. The summed E-state index contributed by atoms with van der Waals surface area (Å²) in [7, 11) is 0. The first-order chi connectivity index (χ1) is 13.9. The van der Waals surface area contributed by atoms with Crippen molar-refractivity contribution in [3.8, 4) is 11.5 Å². The highest BCUT2D eigenvalue weighted by atomic mass is 16.7. The fourth-order valence-corrected chi connectivity index (χ4v) is 3.55. The summed E-state index contributed by atoms with van der Waals surface area (Å²) in [4.78, 5) is 15.8. The van der Waals surface area contributed by atoms with Crippen LogP contribution in [0.5, 0.6) is 11.5 Å². The van der Waals surface area contributed by atoms with E-state index in [1.165, 1.54) is 11.3 Å². The number of fused-ring (bicyclic) bond motifs is 2. The number of benzene rings is 2. The average Bonchev–Trinajstić information content (AvgIpc) is 3.30. The minimum Gasteiger partial charge on any atom is -0.454 e. The zero-order valence-corrected chi connectivity index (χ0v) is 17.3. The quantitative estimate of drug-likeness (QED) is 0.541. The highest BCUT2D eigenvalue weighted by molar-refractivity contribution is 5.94. The largest absolute Gasteiger partial charge is 0.454 e. The van der Waals surface area contributed by atoms with Gasteiger partial charge < -0.3 is 19.8 Å². The summed E-state index contributed by atoms with van der Waals surface area (Å²) in [6.07, 6.45) is 3.25. The standard InChI is InChI=1S/C24H28N2O3/c1-24(2,3)22-14-17-13-18(9-10-19(17)26-22)25-23(27)7-5-4-6-16-8-11-20-21(12-16)29-15-28-20/h8-14,26H,4-7,15H2,1-3H3,(H,25,27). The number of carbonyl (C=O) groups is 1. The summed E-state index contributed by atoms with van der Waals surface area (Å²) >= 11 is 0. The second kappa shape index (κ2) is 7.82. The third-order valence-corrected chi connectivity index (χ3v) is 5.27. The van der Waals surface area contributed by atoms with Gasteiger partial charge in [0.25, 0.3) is 0 Å². The van der Waals surface area contributed by atoms with E-state index >= 15 is 0 Å². The minimum absolute atomic E-state index is 0.0571. The summed E-state index contributed by atoms with van der Waals surface area (Å²) in [5, 5.41) is 4.15. The van der Waals surface area contributed by atoms with Gasteiger partial charge in [0.15, 0.2) is 11.5 Å². The molecule has 1 aliphatic heterocycles. The van der Waals surface area contributed by atoms with Gasteiger partial charge in [-0.2, -0.15) is 0 Å². The van der Waals surface area contributed by atoms with Crippen LogP contribution in [0.15, 0.2) is 42.5 Å². The molecule has 0 saturated heterocycles. The van der Waals surface area contributed by atoms with Crippen LogP contribution in [0.25, 0.3) is 10.9 Å². The molecule has 5 nitrogen and oxygen atoms in total. The van der Waals surface area contributed by atoms with E-state index in [2.05, 4.69) is 43.2 Å². The van der Waals surface area contributed by atoms with Crippen LogP contribution in [-0.4, -0.2) is 17.7 Å². The molecule has 2 heterocycles. The van der Waals surface area contributed by atoms with Crippen LogP contribution >= 0.6 is 0 Å². The lowest BCUT2D eigenvalue weighted by atomic mass is 9.92. The average molecular weight is 392 g/mol. The van der Waals surface area contributed by atoms with E-state index in [1.54, 1.807) is 0 Å². The SMILES string of the molecule is CC(C)(C)c1cc2cc(NC(=O)CCCCc3ccc4c(c3)OCO4)ccc2[nH]1. The Hall–Kier alpha value is -2.95. The minimum atomic E-state index is 0.0571. The lowest BCUT2D eigenvalue weighted by Gasteiger charge is -2.15. The first kappa shape index (κ1) is 19.4. The number of unbranched alkanes of at least 4 members (excludes halogenated alkanes) is 1. The molecule has 0 fully saturated rings. The predicted molar refractivity (Wildman–Crippen MR) is 116 cm³/mol. The second-order valence-electron chi connectivity index (χ2n) is 8.68. The summed E-state index contributed by atoms with van der Waals surface area (Å²) < 4.78 is 10.7. The molecule has 1 amide bonds. The predicted octanol–water partition coefficient (Wildman–Crippen LogP) is 5.55. The fraction of sp³-hybridized carbons (Fsp3) is 0.375. The van der Waals surface area contributed by atoms with Gasteiger partial charge in [-0.1, -0.05) is 26.8 Å². The van der Waals surface area contributed by atoms with Crippen molar-refractivity contribution in [2.45, 2.75) is 51.9 Å². The number of aromatic amines is 1. The van der Waals surface area contributed by atoms with E-state index in [0.717, 1.165) is 47.4 Å². The van der Waals surface area contributed by atoms with Crippen LogP contribution in [-0.2, 0) is 16.6 Å². The topological polar surface area (TPSA) is 63.4 Å². The number of hydrogen-bond acceptors (Lipinski definition) is 3. The zero-order chi connectivity index (χ0) is 20.4. The molecular weight excluding hydrogens is 364 g/mol. The van der Waals surface area contributed by atoms with Crippen molar-refractivity contribution in [2.75, 3.05) is 12.1 Å². The third kappa shape index (κ3) is 4.56. The number of nitrogens with one attached hydrogen (secondary N) is 2. The van der Waals surface area contributed by atoms with E-state index in [0.29, 0.717) is 13.2 Å². The number of aryl methyl sites for hydroxylation is 1. The van der Waals surface area contributed by atoms with Crippen molar-refractivity contribution >= 4 is 22.5 Å². The molecule has 0 bridgehead atoms. The van der Waals surface area contributed by atoms with Crippen LogP contribution in [0.3, 0.4) is 0 Å². The van der Waals surface area contributed by atoms with Gasteiger partial charge in [-0.3, -0.25) is 4.79 Å². The molecule has 0 spiro atoms. The molecule has 2 aromatic carbocycles. The van der Waals surface area contributed by atoms with Crippen LogP contribution in [0.2, 0.25) is 0 Å². The maximum Gasteiger partial charge on any atom is 0.231 e. The number of anilines is 1. The molecule has 0 saturated carbocycles. The van der Waals surface area contributed by atoms with Gasteiger partial charge >= 0.3 is 0 Å². The van der Waals surface area contributed by atoms with Crippen LogP contribution < -0.4 is 14.8 Å². The first-order valence-electron chi connectivity index (χ1n) is 10.2. The van der Waals surface area contributed by atoms with Gasteiger partial charge in [0, 0.05) is 34.1 Å². The van der Waals surface area contributed by atoms with Crippen LogP contribution in [0.4, 0.5) is 5.69 Å². The second-order valence-corrected chi connectivity index (χ2v) is 8.68. The Bertz CT molecular complexity index is 1030. The number of aromatic nitrogens is 1. The van der Waals surface area contributed by atoms with Crippen molar-refractivity contribution in [2.24, 2.45) is 0 Å². The highest BCUT2D eigenvalue weighted by Crippen LogP contribution is 2.33. The molecule has 1 aliphatic rings. The normalized spacial score (nSPS) is 13.1. The molecule has 152 valence electrons. The van der Waals surface area contributed by atoms with Crippen molar-refractivity contribution in [1.82, 2.24) is 4.98 Å².